The van der Waals surface area contributed by atoms with Crippen molar-refractivity contribution in [2.24, 2.45) is 5.10 Å². The first-order chi connectivity index (χ1) is 11.1. The Bertz CT molecular complexity index is 615. The van der Waals surface area contributed by atoms with E-state index in [0.29, 0.717) is 26.3 Å². The third kappa shape index (κ3) is 4.43. The van der Waals surface area contributed by atoms with Gasteiger partial charge in [0.05, 0.1) is 32.0 Å². The number of cyclic esters (lactones) is 1. The summed E-state index contributed by atoms with van der Waals surface area (Å²) in [5.74, 6) is -0.179. The second-order valence-corrected chi connectivity index (χ2v) is 5.18. The number of rotatable bonds is 5. The number of furan rings is 1. The van der Waals surface area contributed by atoms with Gasteiger partial charge < -0.3 is 13.9 Å². The van der Waals surface area contributed by atoms with Crippen molar-refractivity contribution in [2.75, 3.05) is 39.4 Å². The van der Waals surface area contributed by atoms with Crippen LogP contribution < -0.4 is 0 Å². The molecule has 3 heterocycles. The minimum atomic E-state index is -0.639. The highest BCUT2D eigenvalue weighted by atomic mass is 35.5. The zero-order valence-electron chi connectivity index (χ0n) is 12.7. The van der Waals surface area contributed by atoms with Gasteiger partial charge in [-0.1, -0.05) is 0 Å². The molecular formula is C13H17ClN4O6. The average Bonchev–Trinajstić information content (AvgIpc) is 3.13. The Labute approximate surface area is 143 Å². The fraction of sp³-hybridized carbons (Fsp3) is 0.538. The zero-order valence-corrected chi connectivity index (χ0v) is 13.5. The predicted molar refractivity (Wildman–Crippen MR) is 84.4 cm³/mol. The normalized spacial score (nSPS) is 21.8. The highest BCUT2D eigenvalue weighted by Crippen LogP contribution is 2.16. The molecule has 2 aliphatic heterocycles. The predicted octanol–water partition coefficient (Wildman–Crippen LogP) is 1.10. The molecule has 1 aromatic rings. The molecule has 2 saturated heterocycles. The first kappa shape index (κ1) is 18.2. The molecule has 10 nitrogen and oxygen atoms in total. The lowest BCUT2D eigenvalue weighted by Crippen LogP contribution is -2.41. The summed E-state index contributed by atoms with van der Waals surface area (Å²) < 4.78 is 15.5. The molecule has 1 aromatic heterocycles. The van der Waals surface area contributed by atoms with E-state index >= 15 is 0 Å². The molecule has 132 valence electrons. The van der Waals surface area contributed by atoms with Crippen LogP contribution in [0.2, 0.25) is 0 Å². The van der Waals surface area contributed by atoms with Gasteiger partial charge in [-0.25, -0.2) is 4.79 Å². The van der Waals surface area contributed by atoms with Crippen molar-refractivity contribution >= 4 is 30.6 Å². The molecule has 1 amide bonds. The SMILES string of the molecule is Cl.O=C1O[C@H](CN2CCOCC2)CN1/N=C/c1ccc([N+](=O)[O-])o1. The molecule has 3 rings (SSSR count). The molecule has 0 N–H and O–H groups in total. The lowest BCUT2D eigenvalue weighted by molar-refractivity contribution is -0.402. The first-order valence-corrected chi connectivity index (χ1v) is 7.18. The number of carbonyl (C=O) groups is 1. The topological polar surface area (TPSA) is 111 Å². The van der Waals surface area contributed by atoms with Crippen LogP contribution in [0.4, 0.5) is 10.7 Å². The van der Waals surface area contributed by atoms with Crippen LogP contribution in [0, 0.1) is 10.1 Å². The molecule has 2 fully saturated rings. The maximum absolute atomic E-state index is 11.8. The number of amides is 1. The Hall–Kier alpha value is -2.17. The Kier molecular flexibility index (Phi) is 6.12. The number of hydrogen-bond acceptors (Lipinski definition) is 8. The lowest BCUT2D eigenvalue weighted by atomic mass is 10.3. The second-order valence-electron chi connectivity index (χ2n) is 5.18. The van der Waals surface area contributed by atoms with E-state index in [2.05, 4.69) is 10.0 Å². The van der Waals surface area contributed by atoms with Gasteiger partial charge in [0.2, 0.25) is 0 Å². The maximum atomic E-state index is 11.8. The van der Waals surface area contributed by atoms with E-state index in [-0.39, 0.29) is 30.2 Å². The fourth-order valence-corrected chi connectivity index (χ4v) is 2.41. The van der Waals surface area contributed by atoms with E-state index < -0.39 is 11.0 Å². The van der Waals surface area contributed by atoms with Gasteiger partial charge >= 0.3 is 12.0 Å². The molecule has 24 heavy (non-hydrogen) atoms. The Balaban J connectivity index is 0.00000208. The van der Waals surface area contributed by atoms with E-state index in [1.54, 1.807) is 0 Å². The van der Waals surface area contributed by atoms with Crippen molar-refractivity contribution in [1.82, 2.24) is 9.91 Å². The highest BCUT2D eigenvalue weighted by molar-refractivity contribution is 5.85. The summed E-state index contributed by atoms with van der Waals surface area (Å²) in [6.07, 6.45) is 0.454. The molecule has 0 radical (unpaired) electrons. The number of nitrogens with zero attached hydrogens (tertiary/aromatic N) is 4. The Morgan fingerprint density at radius 3 is 2.79 bits per heavy atom. The zero-order chi connectivity index (χ0) is 16.2. The third-order valence-electron chi connectivity index (χ3n) is 3.54. The van der Waals surface area contributed by atoms with Crippen molar-refractivity contribution in [3.8, 4) is 0 Å². The van der Waals surface area contributed by atoms with E-state index in [1.165, 1.54) is 23.4 Å². The van der Waals surface area contributed by atoms with Crippen LogP contribution in [-0.2, 0) is 9.47 Å². The number of ether oxygens (including phenoxy) is 2. The smallest absolute Gasteiger partial charge is 0.433 e. The van der Waals surface area contributed by atoms with E-state index in [0.717, 1.165) is 13.1 Å². The van der Waals surface area contributed by atoms with Gasteiger partial charge in [-0.15, -0.1) is 12.4 Å². The molecule has 11 heteroatoms. The van der Waals surface area contributed by atoms with Crippen molar-refractivity contribution in [2.45, 2.75) is 6.10 Å². The van der Waals surface area contributed by atoms with E-state index in [4.69, 9.17) is 13.9 Å². The van der Waals surface area contributed by atoms with Crippen LogP contribution in [0.3, 0.4) is 0 Å². The minimum absolute atomic E-state index is 0. The summed E-state index contributed by atoms with van der Waals surface area (Å²) in [7, 11) is 0. The van der Waals surface area contributed by atoms with Crippen LogP contribution in [0.1, 0.15) is 5.76 Å². The molecule has 2 aliphatic rings. The summed E-state index contributed by atoms with van der Waals surface area (Å²) in [5, 5.41) is 15.7. The van der Waals surface area contributed by atoms with Crippen LogP contribution >= 0.6 is 12.4 Å². The summed E-state index contributed by atoms with van der Waals surface area (Å²) >= 11 is 0. The van der Waals surface area contributed by atoms with Gasteiger partial charge in [0.25, 0.3) is 0 Å². The average molecular weight is 361 g/mol. The number of halogens is 1. The summed E-state index contributed by atoms with van der Waals surface area (Å²) in [5.41, 5.74) is 0. The molecule has 0 aromatic carbocycles. The quantitative estimate of drug-likeness (QED) is 0.439. The maximum Gasteiger partial charge on any atom is 0.433 e. The molecule has 1 atom stereocenters. The van der Waals surface area contributed by atoms with Gasteiger partial charge in [0, 0.05) is 19.6 Å². The molecule has 0 saturated carbocycles. The monoisotopic (exact) mass is 360 g/mol. The number of carbonyl (C=O) groups excluding carboxylic acids is 1. The summed E-state index contributed by atoms with van der Waals surface area (Å²) in [6.45, 7) is 3.95. The van der Waals surface area contributed by atoms with Crippen LogP contribution in [0.25, 0.3) is 0 Å². The largest absolute Gasteiger partial charge is 0.441 e. The highest BCUT2D eigenvalue weighted by Gasteiger charge is 2.32. The van der Waals surface area contributed by atoms with Gasteiger partial charge in [0.15, 0.2) is 5.76 Å². The van der Waals surface area contributed by atoms with E-state index in [1.807, 2.05) is 0 Å². The van der Waals surface area contributed by atoms with Crippen LogP contribution in [0.15, 0.2) is 21.7 Å². The third-order valence-corrected chi connectivity index (χ3v) is 3.54. The van der Waals surface area contributed by atoms with Gasteiger partial charge in [0.1, 0.15) is 11.0 Å². The van der Waals surface area contributed by atoms with E-state index in [9.17, 15) is 14.9 Å². The number of morpholine rings is 1. The van der Waals surface area contributed by atoms with Crippen molar-refractivity contribution in [1.29, 1.82) is 0 Å². The summed E-state index contributed by atoms with van der Waals surface area (Å²) in [4.78, 5) is 23.8. The van der Waals surface area contributed by atoms with Crippen molar-refractivity contribution in [3.05, 3.63) is 28.0 Å². The van der Waals surface area contributed by atoms with Crippen molar-refractivity contribution in [3.63, 3.8) is 0 Å². The fourth-order valence-electron chi connectivity index (χ4n) is 2.41. The number of hydrazone groups is 1. The standard InChI is InChI=1S/C13H16N4O6.ClH/c18-13-16(14-7-10-1-2-12(22-10)17(19)20)9-11(23-13)8-15-3-5-21-6-4-15;/h1-2,7,11H,3-6,8-9H2;1H/b14-7+;/t11-;/m1./s1. The molecule has 0 aliphatic carbocycles. The van der Waals surface area contributed by atoms with Crippen LogP contribution in [0.5, 0.6) is 0 Å². The second kappa shape index (κ2) is 8.08. The minimum Gasteiger partial charge on any atom is -0.441 e. The molecule has 0 bridgehead atoms. The first-order valence-electron chi connectivity index (χ1n) is 7.18. The Morgan fingerprint density at radius 1 is 1.38 bits per heavy atom. The summed E-state index contributed by atoms with van der Waals surface area (Å²) in [6, 6.07) is 2.64. The Morgan fingerprint density at radius 2 is 2.12 bits per heavy atom. The number of nitro groups is 1. The molecule has 0 unspecified atom stereocenters. The molecular weight excluding hydrogens is 344 g/mol. The van der Waals surface area contributed by atoms with Gasteiger partial charge in [-0.3, -0.25) is 15.0 Å². The number of hydrogen-bond donors (Lipinski definition) is 0. The lowest BCUT2D eigenvalue weighted by Gasteiger charge is -2.27. The van der Waals surface area contributed by atoms with Gasteiger partial charge in [-0.2, -0.15) is 10.1 Å². The van der Waals surface area contributed by atoms with Gasteiger partial charge in [-0.05, 0) is 6.07 Å². The van der Waals surface area contributed by atoms with Crippen molar-refractivity contribution < 1.29 is 23.6 Å². The molecule has 0 spiro atoms. The van der Waals surface area contributed by atoms with Crippen LogP contribution in [-0.4, -0.2) is 72.6 Å².